The van der Waals surface area contributed by atoms with Crippen molar-refractivity contribution in [3.8, 4) is 17.0 Å². The molecule has 162 valence electrons. The number of carboxylic acids is 1. The maximum absolute atomic E-state index is 12.8. The lowest BCUT2D eigenvalue weighted by molar-refractivity contribution is -0.139. The van der Waals surface area contributed by atoms with Gasteiger partial charge in [0.2, 0.25) is 0 Å². The van der Waals surface area contributed by atoms with Crippen LogP contribution in [0.5, 0.6) is 5.75 Å². The Balaban J connectivity index is 1.82. The minimum absolute atomic E-state index is 0.0100. The Hall–Kier alpha value is -2.88. The number of phenols is 1. The van der Waals surface area contributed by atoms with Crippen LogP contribution in [0.25, 0.3) is 11.3 Å². The molecular formula is C20H23F3N4O3. The fraction of sp³-hybridized carbons (Fsp3) is 0.450. The lowest BCUT2D eigenvalue weighted by Gasteiger charge is -2.32. The highest BCUT2D eigenvalue weighted by atomic mass is 19.4. The Labute approximate surface area is 171 Å². The number of nitrogens with one attached hydrogen (secondary N) is 1. The van der Waals surface area contributed by atoms with Crippen molar-refractivity contribution >= 4 is 11.8 Å². The number of piperidine rings is 1. The Morgan fingerprint density at radius 2 is 2.00 bits per heavy atom. The molecule has 0 bridgehead atoms. The summed E-state index contributed by atoms with van der Waals surface area (Å²) < 4.78 is 38.5. The van der Waals surface area contributed by atoms with Crippen LogP contribution >= 0.6 is 0 Å². The lowest BCUT2D eigenvalue weighted by Crippen LogP contribution is -2.44. The third-order valence-corrected chi connectivity index (χ3v) is 5.31. The van der Waals surface area contributed by atoms with Crippen LogP contribution in [0.1, 0.15) is 29.5 Å². The second-order valence-corrected chi connectivity index (χ2v) is 7.49. The SMILES string of the molecule is Cc1c(N[C@@H]2CCCN(CC(=O)O)C2)nnc(-c2ccc(C(F)(F)F)cc2O)c1C. The number of hydrogen-bond donors (Lipinski definition) is 3. The predicted octanol–water partition coefficient (Wildman–Crippen LogP) is 3.45. The van der Waals surface area contributed by atoms with E-state index in [-0.39, 0.29) is 18.2 Å². The summed E-state index contributed by atoms with van der Waals surface area (Å²) in [4.78, 5) is 12.8. The van der Waals surface area contributed by atoms with E-state index in [4.69, 9.17) is 5.11 Å². The Morgan fingerprint density at radius 1 is 1.27 bits per heavy atom. The molecule has 0 saturated carbocycles. The standard InChI is InChI=1S/C20H23F3N4O3/c1-11-12(2)19(24-14-4-3-7-27(9-14)10-17(29)30)26-25-18(11)15-6-5-13(8-16(15)28)20(21,22)23/h5-6,8,14,28H,3-4,7,9-10H2,1-2H3,(H,24,26)(H,29,30)/t14-/m1/s1. The van der Waals surface area contributed by atoms with Crippen molar-refractivity contribution in [2.45, 2.75) is 38.9 Å². The number of aromatic nitrogens is 2. The number of hydrogen-bond acceptors (Lipinski definition) is 6. The van der Waals surface area contributed by atoms with Gasteiger partial charge in [0, 0.05) is 18.2 Å². The molecule has 7 nitrogen and oxygen atoms in total. The number of rotatable bonds is 5. The summed E-state index contributed by atoms with van der Waals surface area (Å²) in [7, 11) is 0. The fourth-order valence-electron chi connectivity index (χ4n) is 3.61. The van der Waals surface area contributed by atoms with E-state index in [1.807, 2.05) is 11.8 Å². The zero-order valence-electron chi connectivity index (χ0n) is 16.6. The van der Waals surface area contributed by atoms with Gasteiger partial charge in [-0.3, -0.25) is 9.69 Å². The molecule has 30 heavy (non-hydrogen) atoms. The van der Waals surface area contributed by atoms with Gasteiger partial charge in [0.05, 0.1) is 17.8 Å². The summed E-state index contributed by atoms with van der Waals surface area (Å²) in [6, 6.07) is 2.77. The first kappa shape index (κ1) is 21.8. The number of likely N-dealkylation sites (tertiary alicyclic amines) is 1. The number of aromatic hydroxyl groups is 1. The van der Waals surface area contributed by atoms with Crippen LogP contribution in [0, 0.1) is 13.8 Å². The molecule has 3 N–H and O–H groups in total. The summed E-state index contributed by atoms with van der Waals surface area (Å²) in [5.74, 6) is -0.855. The van der Waals surface area contributed by atoms with Crippen molar-refractivity contribution in [1.82, 2.24) is 15.1 Å². The van der Waals surface area contributed by atoms with Gasteiger partial charge in [0.15, 0.2) is 5.82 Å². The van der Waals surface area contributed by atoms with Gasteiger partial charge in [-0.2, -0.15) is 13.2 Å². The minimum atomic E-state index is -4.55. The van der Waals surface area contributed by atoms with Crippen LogP contribution in [0.15, 0.2) is 18.2 Å². The number of halogens is 3. The van der Waals surface area contributed by atoms with Gasteiger partial charge in [-0.05, 0) is 62.6 Å². The van der Waals surface area contributed by atoms with E-state index in [2.05, 4.69) is 15.5 Å². The van der Waals surface area contributed by atoms with Crippen LogP contribution in [-0.2, 0) is 11.0 Å². The van der Waals surface area contributed by atoms with Crippen LogP contribution in [0.4, 0.5) is 19.0 Å². The first-order valence-corrected chi connectivity index (χ1v) is 9.51. The normalized spacial score (nSPS) is 17.7. The van der Waals surface area contributed by atoms with Crippen LogP contribution < -0.4 is 5.32 Å². The summed E-state index contributed by atoms with van der Waals surface area (Å²) in [6.45, 7) is 4.84. The second-order valence-electron chi connectivity index (χ2n) is 7.49. The Bertz CT molecular complexity index is 950. The third-order valence-electron chi connectivity index (χ3n) is 5.31. The van der Waals surface area contributed by atoms with Crippen LogP contribution in [0.2, 0.25) is 0 Å². The molecule has 0 radical (unpaired) electrons. The van der Waals surface area contributed by atoms with Crippen molar-refractivity contribution in [1.29, 1.82) is 0 Å². The molecular weight excluding hydrogens is 401 g/mol. The average Bonchev–Trinajstić information content (AvgIpc) is 2.65. The summed E-state index contributed by atoms with van der Waals surface area (Å²) in [5, 5.41) is 30.7. The van der Waals surface area contributed by atoms with Crippen molar-refractivity contribution in [3.05, 3.63) is 34.9 Å². The van der Waals surface area contributed by atoms with E-state index in [1.165, 1.54) is 6.07 Å². The highest BCUT2D eigenvalue weighted by Gasteiger charge is 2.31. The van der Waals surface area contributed by atoms with Crippen molar-refractivity contribution in [2.75, 3.05) is 25.0 Å². The van der Waals surface area contributed by atoms with E-state index in [1.54, 1.807) is 6.92 Å². The molecule has 2 heterocycles. The molecule has 1 atom stereocenters. The number of nitrogens with zero attached hydrogens (tertiary/aromatic N) is 3. The van der Waals surface area contributed by atoms with Crippen LogP contribution in [0.3, 0.4) is 0 Å². The minimum Gasteiger partial charge on any atom is -0.507 e. The predicted molar refractivity (Wildman–Crippen MR) is 104 cm³/mol. The summed E-state index contributed by atoms with van der Waals surface area (Å²) >= 11 is 0. The molecule has 0 amide bonds. The molecule has 1 aliphatic heterocycles. The highest BCUT2D eigenvalue weighted by Crippen LogP contribution is 2.37. The Morgan fingerprint density at radius 3 is 2.63 bits per heavy atom. The Kier molecular flexibility index (Phi) is 6.16. The van der Waals surface area contributed by atoms with Gasteiger partial charge in [0.1, 0.15) is 5.75 Å². The van der Waals surface area contributed by atoms with Crippen molar-refractivity contribution < 1.29 is 28.2 Å². The quantitative estimate of drug-likeness (QED) is 0.676. The zero-order chi connectivity index (χ0) is 22.1. The summed E-state index contributed by atoms with van der Waals surface area (Å²) in [6.07, 6.45) is -2.83. The summed E-state index contributed by atoms with van der Waals surface area (Å²) in [5.41, 5.74) is 0.983. The molecule has 1 aliphatic rings. The van der Waals surface area contributed by atoms with Gasteiger partial charge in [-0.15, -0.1) is 10.2 Å². The molecule has 0 aliphatic carbocycles. The molecule has 0 unspecified atom stereocenters. The maximum Gasteiger partial charge on any atom is 0.416 e. The molecule has 0 spiro atoms. The largest absolute Gasteiger partial charge is 0.507 e. The third kappa shape index (κ3) is 4.81. The number of phenolic OH excluding ortho intramolecular Hbond substituents is 1. The molecule has 1 aromatic heterocycles. The maximum atomic E-state index is 12.8. The number of alkyl halides is 3. The average molecular weight is 424 g/mol. The van der Waals surface area contributed by atoms with Crippen molar-refractivity contribution in [3.63, 3.8) is 0 Å². The van der Waals surface area contributed by atoms with E-state index < -0.39 is 23.5 Å². The molecule has 3 rings (SSSR count). The molecule has 1 aromatic carbocycles. The number of carboxylic acid groups (broad SMARTS) is 1. The van der Waals surface area contributed by atoms with Gasteiger partial charge < -0.3 is 15.5 Å². The molecule has 10 heteroatoms. The van der Waals surface area contributed by atoms with Gasteiger partial charge in [-0.25, -0.2) is 0 Å². The van der Waals surface area contributed by atoms with Crippen LogP contribution in [-0.4, -0.2) is 57.0 Å². The number of anilines is 1. The smallest absolute Gasteiger partial charge is 0.416 e. The van der Waals surface area contributed by atoms with Gasteiger partial charge in [0.25, 0.3) is 0 Å². The second kappa shape index (κ2) is 8.47. The van der Waals surface area contributed by atoms with E-state index in [0.717, 1.165) is 31.0 Å². The highest BCUT2D eigenvalue weighted by molar-refractivity contribution is 5.72. The first-order chi connectivity index (χ1) is 14.1. The van der Waals surface area contributed by atoms with Gasteiger partial charge >= 0.3 is 12.1 Å². The van der Waals surface area contributed by atoms with Crippen molar-refractivity contribution in [2.24, 2.45) is 0 Å². The number of carbonyl (C=O) groups is 1. The first-order valence-electron chi connectivity index (χ1n) is 9.51. The van der Waals surface area contributed by atoms with Gasteiger partial charge in [-0.1, -0.05) is 0 Å². The molecule has 2 aromatic rings. The molecule has 1 saturated heterocycles. The monoisotopic (exact) mass is 424 g/mol. The fourth-order valence-corrected chi connectivity index (χ4v) is 3.61. The number of benzene rings is 1. The zero-order valence-corrected chi connectivity index (χ0v) is 16.6. The lowest BCUT2D eigenvalue weighted by atomic mass is 10.0. The van der Waals surface area contributed by atoms with E-state index >= 15 is 0 Å². The topological polar surface area (TPSA) is 98.6 Å². The number of aliphatic carboxylic acids is 1. The van der Waals surface area contributed by atoms with E-state index in [9.17, 15) is 23.1 Å². The molecule has 1 fully saturated rings. The van der Waals surface area contributed by atoms with E-state index in [0.29, 0.717) is 29.7 Å².